The molecule has 3 N–H and O–H groups in total. The Hall–Kier alpha value is -0.860. The van der Waals surface area contributed by atoms with Gasteiger partial charge in [0.05, 0.1) is 12.1 Å². The van der Waals surface area contributed by atoms with Crippen LogP contribution in [0.1, 0.15) is 64.4 Å². The summed E-state index contributed by atoms with van der Waals surface area (Å²) < 4.78 is 0. The van der Waals surface area contributed by atoms with E-state index in [1.165, 1.54) is 12.0 Å². The minimum atomic E-state index is -0.604. The van der Waals surface area contributed by atoms with Crippen molar-refractivity contribution in [2.24, 2.45) is 4.99 Å². The molecule has 1 aromatic rings. The minimum Gasteiger partial charge on any atom is -0.388 e. The van der Waals surface area contributed by atoms with Gasteiger partial charge in [-0.1, -0.05) is 49.6 Å². The molecular weight excluding hydrogens is 475 g/mol. The van der Waals surface area contributed by atoms with E-state index < -0.39 is 5.60 Å². The van der Waals surface area contributed by atoms with E-state index in [1.807, 2.05) is 0 Å². The van der Waals surface area contributed by atoms with Crippen LogP contribution in [0.3, 0.4) is 0 Å². The zero-order valence-electron chi connectivity index (χ0n) is 18.1. The van der Waals surface area contributed by atoms with Crippen molar-refractivity contribution in [1.29, 1.82) is 0 Å². The summed E-state index contributed by atoms with van der Waals surface area (Å²) in [6, 6.07) is 11.7. The number of rotatable bonds is 6. The highest BCUT2D eigenvalue weighted by molar-refractivity contribution is 14.0. The van der Waals surface area contributed by atoms with Crippen LogP contribution in [-0.2, 0) is 6.54 Å². The third kappa shape index (κ3) is 7.72. The van der Waals surface area contributed by atoms with Crippen LogP contribution in [0.25, 0.3) is 0 Å². The van der Waals surface area contributed by atoms with E-state index in [1.54, 1.807) is 0 Å². The number of nitrogens with one attached hydrogen (secondary N) is 2. The molecule has 1 aromatic carbocycles. The molecule has 2 fully saturated rings. The molecule has 0 radical (unpaired) electrons. The first-order chi connectivity index (χ1) is 13.6. The van der Waals surface area contributed by atoms with E-state index in [0.717, 1.165) is 64.1 Å². The monoisotopic (exact) mass is 514 g/mol. The Balaban J connectivity index is 0.00000300. The van der Waals surface area contributed by atoms with Crippen LogP contribution in [0.15, 0.2) is 35.3 Å². The number of aliphatic imine (C=N–C) groups is 1. The minimum absolute atomic E-state index is 0. The lowest BCUT2D eigenvalue weighted by atomic mass is 9.85. The Morgan fingerprint density at radius 3 is 2.59 bits per heavy atom. The van der Waals surface area contributed by atoms with Crippen molar-refractivity contribution in [2.75, 3.05) is 19.6 Å². The molecule has 3 rings (SSSR count). The van der Waals surface area contributed by atoms with Gasteiger partial charge in [-0.25, -0.2) is 0 Å². The first kappa shape index (κ1) is 24.4. The van der Waals surface area contributed by atoms with E-state index >= 15 is 0 Å². The van der Waals surface area contributed by atoms with Gasteiger partial charge in [-0.3, -0.25) is 9.89 Å². The number of aliphatic hydroxyl groups is 1. The van der Waals surface area contributed by atoms with Crippen molar-refractivity contribution in [2.45, 2.75) is 83.0 Å². The Kier molecular flexibility index (Phi) is 10.2. The fraction of sp³-hybridized carbons (Fsp3) is 0.696. The van der Waals surface area contributed by atoms with Crippen LogP contribution in [0, 0.1) is 0 Å². The van der Waals surface area contributed by atoms with Crippen LogP contribution in [0.4, 0.5) is 0 Å². The third-order valence-electron chi connectivity index (χ3n) is 6.24. The van der Waals surface area contributed by atoms with Crippen LogP contribution in [0.2, 0.25) is 0 Å². The Labute approximate surface area is 193 Å². The van der Waals surface area contributed by atoms with Crippen LogP contribution in [0.5, 0.6) is 0 Å². The number of benzene rings is 1. The SMILES string of the molecule is CCNC(=NCC1(O)CCCCC1)NC1CCN(Cc2ccccc2)C(C)C1.I. The molecule has 6 heteroatoms. The zero-order chi connectivity index (χ0) is 19.8. The molecule has 0 bridgehead atoms. The summed E-state index contributed by atoms with van der Waals surface area (Å²) >= 11 is 0. The Bertz CT molecular complexity index is 619. The summed E-state index contributed by atoms with van der Waals surface area (Å²) in [6.45, 7) is 7.88. The van der Waals surface area contributed by atoms with Crippen molar-refractivity contribution >= 4 is 29.9 Å². The zero-order valence-corrected chi connectivity index (χ0v) is 20.4. The standard InChI is InChI=1S/C23H38N4O.HI/c1-3-24-22(25-18-23(28)13-8-5-9-14-23)26-21-12-15-27(19(2)16-21)17-20-10-6-4-7-11-20;/h4,6-7,10-11,19,21,28H,3,5,8-9,12-18H2,1-2H3,(H2,24,25,26);1H. The Morgan fingerprint density at radius 1 is 1.21 bits per heavy atom. The second-order valence-electron chi connectivity index (χ2n) is 8.65. The van der Waals surface area contributed by atoms with Gasteiger partial charge in [0.2, 0.25) is 0 Å². The largest absolute Gasteiger partial charge is 0.388 e. The molecule has 1 saturated carbocycles. The summed E-state index contributed by atoms with van der Waals surface area (Å²) in [7, 11) is 0. The van der Waals surface area contributed by atoms with E-state index in [9.17, 15) is 5.11 Å². The van der Waals surface area contributed by atoms with Crippen molar-refractivity contribution in [3.05, 3.63) is 35.9 Å². The van der Waals surface area contributed by atoms with Crippen LogP contribution >= 0.6 is 24.0 Å². The fourth-order valence-corrected chi connectivity index (χ4v) is 4.51. The smallest absolute Gasteiger partial charge is 0.191 e. The first-order valence-electron chi connectivity index (χ1n) is 11.1. The lowest BCUT2D eigenvalue weighted by Crippen LogP contribution is -2.51. The van der Waals surface area contributed by atoms with Crippen molar-refractivity contribution < 1.29 is 5.11 Å². The molecule has 2 unspecified atom stereocenters. The second kappa shape index (κ2) is 12.1. The lowest BCUT2D eigenvalue weighted by molar-refractivity contribution is 0.0131. The van der Waals surface area contributed by atoms with Gasteiger partial charge in [-0.15, -0.1) is 24.0 Å². The predicted molar refractivity (Wildman–Crippen MR) is 132 cm³/mol. The molecule has 1 aliphatic carbocycles. The highest BCUT2D eigenvalue weighted by atomic mass is 127. The molecule has 1 aliphatic heterocycles. The molecule has 2 aliphatic rings. The normalized spacial score (nSPS) is 25.1. The average Bonchev–Trinajstić information content (AvgIpc) is 2.70. The number of piperidine rings is 1. The highest BCUT2D eigenvalue weighted by Crippen LogP contribution is 2.28. The van der Waals surface area contributed by atoms with Crippen molar-refractivity contribution in [3.63, 3.8) is 0 Å². The van der Waals surface area contributed by atoms with Gasteiger partial charge in [0, 0.05) is 31.7 Å². The first-order valence-corrected chi connectivity index (χ1v) is 11.1. The molecule has 1 heterocycles. The summed E-state index contributed by atoms with van der Waals surface area (Å²) in [4.78, 5) is 7.32. The summed E-state index contributed by atoms with van der Waals surface area (Å²) in [5.74, 6) is 0.857. The number of hydrogen-bond donors (Lipinski definition) is 3. The molecular formula is C23H39IN4O. The van der Waals surface area contributed by atoms with Gasteiger partial charge < -0.3 is 15.7 Å². The Morgan fingerprint density at radius 2 is 1.93 bits per heavy atom. The topological polar surface area (TPSA) is 59.9 Å². The summed E-state index contributed by atoms with van der Waals surface area (Å²) in [6.07, 6.45) is 7.47. The van der Waals surface area contributed by atoms with Gasteiger partial charge in [0.15, 0.2) is 5.96 Å². The number of hydrogen-bond acceptors (Lipinski definition) is 3. The maximum atomic E-state index is 10.7. The third-order valence-corrected chi connectivity index (χ3v) is 6.24. The molecule has 0 spiro atoms. The van der Waals surface area contributed by atoms with Gasteiger partial charge in [0.25, 0.3) is 0 Å². The molecule has 5 nitrogen and oxygen atoms in total. The van der Waals surface area contributed by atoms with E-state index in [0.29, 0.717) is 18.6 Å². The number of nitrogens with zero attached hydrogens (tertiary/aromatic N) is 2. The second-order valence-corrected chi connectivity index (χ2v) is 8.65. The lowest BCUT2D eigenvalue weighted by Gasteiger charge is -2.38. The van der Waals surface area contributed by atoms with E-state index in [2.05, 4.69) is 59.7 Å². The molecule has 0 amide bonds. The number of likely N-dealkylation sites (tertiary alicyclic amines) is 1. The highest BCUT2D eigenvalue weighted by Gasteiger charge is 2.29. The van der Waals surface area contributed by atoms with Gasteiger partial charge >= 0.3 is 0 Å². The maximum Gasteiger partial charge on any atom is 0.191 e. The van der Waals surface area contributed by atoms with Gasteiger partial charge in [-0.2, -0.15) is 0 Å². The molecule has 1 saturated heterocycles. The van der Waals surface area contributed by atoms with E-state index in [4.69, 9.17) is 4.99 Å². The van der Waals surface area contributed by atoms with E-state index in [-0.39, 0.29) is 24.0 Å². The number of halogens is 1. The molecule has 2 atom stereocenters. The molecule has 164 valence electrons. The average molecular weight is 514 g/mol. The number of guanidine groups is 1. The quantitative estimate of drug-likeness (QED) is 0.306. The summed E-state index contributed by atoms with van der Waals surface area (Å²) in [5.41, 5.74) is 0.781. The van der Waals surface area contributed by atoms with Gasteiger partial charge in [0.1, 0.15) is 0 Å². The predicted octanol–water partition coefficient (Wildman–Crippen LogP) is 3.91. The molecule has 0 aromatic heterocycles. The van der Waals surface area contributed by atoms with Crippen molar-refractivity contribution in [3.8, 4) is 0 Å². The fourth-order valence-electron chi connectivity index (χ4n) is 4.51. The molecule has 29 heavy (non-hydrogen) atoms. The van der Waals surface area contributed by atoms with Crippen molar-refractivity contribution in [1.82, 2.24) is 15.5 Å². The van der Waals surface area contributed by atoms with Crippen LogP contribution < -0.4 is 10.6 Å². The maximum absolute atomic E-state index is 10.7. The van der Waals surface area contributed by atoms with Crippen LogP contribution in [-0.4, -0.2) is 53.3 Å². The summed E-state index contributed by atoms with van der Waals surface area (Å²) in [5, 5.41) is 17.7. The van der Waals surface area contributed by atoms with Gasteiger partial charge in [-0.05, 0) is 45.1 Å².